The maximum Gasteiger partial charge on any atom is 0.338 e. The minimum atomic E-state index is -0.480. The third kappa shape index (κ3) is 4.32. The van der Waals surface area contributed by atoms with Crippen LogP contribution in [0.5, 0.6) is 0 Å². The fourth-order valence-corrected chi connectivity index (χ4v) is 4.04. The molecule has 0 radical (unpaired) electrons. The van der Waals surface area contributed by atoms with Crippen molar-refractivity contribution in [1.29, 1.82) is 0 Å². The summed E-state index contributed by atoms with van der Waals surface area (Å²) in [6.45, 7) is 0.0247. The number of carbonyl (C=O) groups excluding carboxylic acids is 3. The Bertz CT molecular complexity index is 762. The zero-order valence-electron chi connectivity index (χ0n) is 13.9. The Hall–Kier alpha value is -2.60. The minimum Gasteiger partial charge on any atom is -0.462 e. The van der Waals surface area contributed by atoms with E-state index in [-0.39, 0.29) is 17.8 Å². The summed E-state index contributed by atoms with van der Waals surface area (Å²) in [4.78, 5) is 35.7. The number of ether oxygens (including phenoxy) is 2. The number of aldehydes is 1. The second-order valence-corrected chi connectivity index (χ2v) is 7.08. The molecular formula is C20H18O5S. The number of thioether (sulfide) groups is 1. The zero-order chi connectivity index (χ0) is 18.4. The molecule has 134 valence electrons. The summed E-state index contributed by atoms with van der Waals surface area (Å²) in [5.74, 6) is -0.768. The maximum absolute atomic E-state index is 12.3. The van der Waals surface area contributed by atoms with Crippen molar-refractivity contribution in [2.75, 3.05) is 12.4 Å². The van der Waals surface area contributed by atoms with Gasteiger partial charge in [-0.05, 0) is 24.3 Å². The van der Waals surface area contributed by atoms with Crippen LogP contribution in [0, 0.1) is 5.92 Å². The smallest absolute Gasteiger partial charge is 0.338 e. The van der Waals surface area contributed by atoms with Gasteiger partial charge in [0.1, 0.15) is 12.4 Å². The molecule has 0 saturated carbocycles. The second-order valence-electron chi connectivity index (χ2n) is 5.87. The van der Waals surface area contributed by atoms with E-state index in [0.717, 1.165) is 6.29 Å². The van der Waals surface area contributed by atoms with Crippen LogP contribution in [0.15, 0.2) is 60.7 Å². The molecule has 6 heteroatoms. The lowest BCUT2D eigenvalue weighted by molar-refractivity contribution is -0.109. The molecular weight excluding hydrogens is 352 g/mol. The van der Waals surface area contributed by atoms with Crippen LogP contribution in [-0.4, -0.2) is 41.9 Å². The molecule has 0 spiro atoms. The van der Waals surface area contributed by atoms with Crippen LogP contribution >= 0.6 is 11.8 Å². The van der Waals surface area contributed by atoms with E-state index in [4.69, 9.17) is 9.47 Å². The first-order valence-electron chi connectivity index (χ1n) is 8.24. The fraction of sp³-hybridized carbons (Fsp3) is 0.250. The van der Waals surface area contributed by atoms with Gasteiger partial charge in [0, 0.05) is 11.7 Å². The molecule has 2 aromatic rings. The second kappa shape index (κ2) is 8.67. The number of benzene rings is 2. The van der Waals surface area contributed by atoms with Crippen molar-refractivity contribution in [1.82, 2.24) is 0 Å². The molecule has 0 bridgehead atoms. The molecule has 3 atom stereocenters. The number of rotatable bonds is 6. The number of carbonyl (C=O) groups is 3. The molecule has 5 nitrogen and oxygen atoms in total. The van der Waals surface area contributed by atoms with E-state index in [1.54, 1.807) is 48.5 Å². The average molecular weight is 370 g/mol. The highest BCUT2D eigenvalue weighted by atomic mass is 32.2. The lowest BCUT2D eigenvalue weighted by Crippen LogP contribution is -2.33. The SMILES string of the molecule is O=CC1SCC(OC(=O)c2ccccc2)C1COC(=O)c1ccccc1. The Morgan fingerprint density at radius 3 is 2.12 bits per heavy atom. The minimum absolute atomic E-state index is 0.0247. The van der Waals surface area contributed by atoms with Crippen LogP contribution < -0.4 is 0 Å². The summed E-state index contributed by atoms with van der Waals surface area (Å²) in [7, 11) is 0. The molecule has 1 heterocycles. The van der Waals surface area contributed by atoms with Crippen molar-refractivity contribution < 1.29 is 23.9 Å². The molecule has 1 saturated heterocycles. The highest BCUT2D eigenvalue weighted by Gasteiger charge is 2.40. The lowest BCUT2D eigenvalue weighted by Gasteiger charge is -2.21. The molecule has 3 rings (SSSR count). The van der Waals surface area contributed by atoms with Crippen LogP contribution in [0.3, 0.4) is 0 Å². The normalized spacial score (nSPS) is 21.8. The summed E-state index contributed by atoms with van der Waals surface area (Å²) in [5.41, 5.74) is 0.894. The first-order valence-corrected chi connectivity index (χ1v) is 9.29. The summed E-state index contributed by atoms with van der Waals surface area (Å²) < 4.78 is 10.9. The van der Waals surface area contributed by atoms with Gasteiger partial charge in [0.2, 0.25) is 0 Å². The molecule has 26 heavy (non-hydrogen) atoms. The van der Waals surface area contributed by atoms with Gasteiger partial charge in [0.15, 0.2) is 0 Å². The average Bonchev–Trinajstić information content (AvgIpc) is 3.09. The fourth-order valence-electron chi connectivity index (χ4n) is 2.74. The molecule has 0 aliphatic carbocycles. The predicted molar refractivity (Wildman–Crippen MR) is 98.2 cm³/mol. The molecule has 1 aliphatic rings. The number of hydrogen-bond acceptors (Lipinski definition) is 6. The van der Waals surface area contributed by atoms with Crippen molar-refractivity contribution in [2.45, 2.75) is 11.4 Å². The largest absolute Gasteiger partial charge is 0.462 e. The van der Waals surface area contributed by atoms with Crippen molar-refractivity contribution >= 4 is 30.0 Å². The van der Waals surface area contributed by atoms with Crippen molar-refractivity contribution in [3.63, 3.8) is 0 Å². The summed E-state index contributed by atoms with van der Waals surface area (Å²) >= 11 is 1.41. The topological polar surface area (TPSA) is 69.7 Å². The first-order chi connectivity index (χ1) is 12.7. The van der Waals surface area contributed by atoms with Crippen LogP contribution in [0.1, 0.15) is 20.7 Å². The van der Waals surface area contributed by atoms with E-state index in [1.807, 2.05) is 12.1 Å². The molecule has 2 aromatic carbocycles. The van der Waals surface area contributed by atoms with E-state index in [0.29, 0.717) is 16.9 Å². The van der Waals surface area contributed by atoms with E-state index >= 15 is 0 Å². The van der Waals surface area contributed by atoms with Crippen LogP contribution in [0.4, 0.5) is 0 Å². The van der Waals surface area contributed by atoms with Crippen LogP contribution in [0.2, 0.25) is 0 Å². The van der Waals surface area contributed by atoms with Gasteiger partial charge in [0.05, 0.1) is 23.0 Å². The molecule has 0 N–H and O–H groups in total. The highest BCUT2D eigenvalue weighted by Crippen LogP contribution is 2.34. The maximum atomic E-state index is 12.3. The van der Waals surface area contributed by atoms with Crippen molar-refractivity contribution in [3.8, 4) is 0 Å². The van der Waals surface area contributed by atoms with Crippen LogP contribution in [-0.2, 0) is 14.3 Å². The molecule has 3 unspecified atom stereocenters. The Labute approximate surface area is 155 Å². The summed E-state index contributed by atoms with van der Waals surface area (Å²) in [6, 6.07) is 17.3. The number of esters is 2. The van der Waals surface area contributed by atoms with Crippen LogP contribution in [0.25, 0.3) is 0 Å². The third-order valence-corrected chi connectivity index (χ3v) is 5.54. The Kier molecular flexibility index (Phi) is 6.07. The van der Waals surface area contributed by atoms with Gasteiger partial charge in [0.25, 0.3) is 0 Å². The Morgan fingerprint density at radius 1 is 0.962 bits per heavy atom. The van der Waals surface area contributed by atoms with Crippen molar-refractivity contribution in [2.24, 2.45) is 5.92 Å². The van der Waals surface area contributed by atoms with E-state index in [1.165, 1.54) is 11.8 Å². The van der Waals surface area contributed by atoms with E-state index in [2.05, 4.69) is 0 Å². The van der Waals surface area contributed by atoms with E-state index in [9.17, 15) is 14.4 Å². The van der Waals surface area contributed by atoms with Gasteiger partial charge in [-0.25, -0.2) is 9.59 Å². The standard InChI is InChI=1S/C20H18O5S/c21-11-18-16(12-24-19(22)14-7-3-1-4-8-14)17(13-26-18)25-20(23)15-9-5-2-6-10-15/h1-11,16-18H,12-13H2. The molecule has 0 aromatic heterocycles. The molecule has 1 aliphatic heterocycles. The zero-order valence-corrected chi connectivity index (χ0v) is 14.8. The van der Waals surface area contributed by atoms with Gasteiger partial charge in [-0.1, -0.05) is 36.4 Å². The monoisotopic (exact) mass is 370 g/mol. The molecule has 0 amide bonds. The quantitative estimate of drug-likeness (QED) is 0.575. The van der Waals surface area contributed by atoms with Gasteiger partial charge in [-0.15, -0.1) is 11.8 Å². The summed E-state index contributed by atoms with van der Waals surface area (Å²) in [5, 5.41) is -0.368. The Morgan fingerprint density at radius 2 is 1.54 bits per heavy atom. The van der Waals surface area contributed by atoms with Gasteiger partial charge < -0.3 is 14.3 Å². The predicted octanol–water partition coefficient (Wildman–Crippen LogP) is 3.00. The van der Waals surface area contributed by atoms with Gasteiger partial charge >= 0.3 is 11.9 Å². The third-order valence-electron chi connectivity index (χ3n) is 4.17. The van der Waals surface area contributed by atoms with E-state index < -0.39 is 18.0 Å². The number of hydrogen-bond donors (Lipinski definition) is 0. The summed E-state index contributed by atoms with van der Waals surface area (Å²) in [6.07, 6.45) is 0.341. The van der Waals surface area contributed by atoms with Gasteiger partial charge in [-0.3, -0.25) is 0 Å². The molecule has 1 fully saturated rings. The van der Waals surface area contributed by atoms with Gasteiger partial charge in [-0.2, -0.15) is 0 Å². The lowest BCUT2D eigenvalue weighted by atomic mass is 10.0. The Balaban J connectivity index is 1.63. The van der Waals surface area contributed by atoms with Crippen molar-refractivity contribution in [3.05, 3.63) is 71.8 Å². The first kappa shape index (κ1) is 18.2. The highest BCUT2D eigenvalue weighted by molar-refractivity contribution is 8.00.